The van der Waals surface area contributed by atoms with Gasteiger partial charge in [0.05, 0.1) is 18.5 Å². The number of carbonyl (C=O) groups is 1. The zero-order chi connectivity index (χ0) is 22.8. The topological polar surface area (TPSA) is 79.6 Å². The van der Waals surface area contributed by atoms with Crippen LogP contribution in [0.5, 0.6) is 0 Å². The molecule has 0 radical (unpaired) electrons. The van der Waals surface area contributed by atoms with Gasteiger partial charge in [-0.15, -0.1) is 0 Å². The lowest BCUT2D eigenvalue weighted by atomic mass is 9.49. The van der Waals surface area contributed by atoms with Crippen molar-refractivity contribution in [3.63, 3.8) is 0 Å². The van der Waals surface area contributed by atoms with E-state index in [1.165, 1.54) is 44.1 Å². The molecule has 6 rings (SSSR count). The van der Waals surface area contributed by atoms with Crippen LogP contribution in [0.4, 0.5) is 0 Å². The fourth-order valence-corrected chi connectivity index (χ4v) is 7.72. The Balaban J connectivity index is 1.14. The normalized spacial score (nSPS) is 33.4. The van der Waals surface area contributed by atoms with Gasteiger partial charge < -0.3 is 10.4 Å². The van der Waals surface area contributed by atoms with E-state index in [9.17, 15) is 15.2 Å². The van der Waals surface area contributed by atoms with Crippen LogP contribution in [-0.2, 0) is 11.3 Å². The number of rotatable bonds is 8. The van der Waals surface area contributed by atoms with Crippen molar-refractivity contribution in [2.75, 3.05) is 26.2 Å². The molecule has 1 aromatic rings. The summed E-state index contributed by atoms with van der Waals surface area (Å²) in [6, 6.07) is 12.1. The Morgan fingerprint density at radius 2 is 1.67 bits per heavy atom. The minimum Gasteiger partial charge on any atom is -0.376 e. The standard InChI is InChI=1S/C27H38N4O2/c28-7-6-24(26(33)31-10-8-30(9-11-31)19-20-4-2-1-3-5-20)29-25(32)18-27-15-21-12-22(16-27)14-23(13-21)17-27/h1-5,21-24,26,33H,6,8-19H2,(H,29,32)/t21?,22?,23?,24-,26?,27?/m1/s1. The first kappa shape index (κ1) is 22.8. The van der Waals surface area contributed by atoms with Gasteiger partial charge in [0.2, 0.25) is 5.91 Å². The average Bonchev–Trinajstić information content (AvgIpc) is 2.78. The van der Waals surface area contributed by atoms with Gasteiger partial charge in [-0.1, -0.05) is 30.3 Å². The highest BCUT2D eigenvalue weighted by atomic mass is 16.3. The molecule has 1 aromatic carbocycles. The molecule has 4 saturated carbocycles. The van der Waals surface area contributed by atoms with Crippen LogP contribution in [-0.4, -0.2) is 59.3 Å². The fourth-order valence-electron chi connectivity index (χ4n) is 7.72. The molecule has 6 nitrogen and oxygen atoms in total. The van der Waals surface area contributed by atoms with Crippen LogP contribution in [0.2, 0.25) is 0 Å². The Morgan fingerprint density at radius 1 is 1.06 bits per heavy atom. The molecule has 2 N–H and O–H groups in total. The van der Waals surface area contributed by atoms with Crippen molar-refractivity contribution >= 4 is 5.91 Å². The number of nitriles is 1. The molecule has 5 aliphatic rings. The number of hydrogen-bond donors (Lipinski definition) is 2. The van der Waals surface area contributed by atoms with Gasteiger partial charge in [0.1, 0.15) is 6.23 Å². The number of aliphatic hydroxyl groups is 1. The molecule has 1 saturated heterocycles. The first-order valence-corrected chi connectivity index (χ1v) is 12.9. The van der Waals surface area contributed by atoms with Crippen molar-refractivity contribution in [2.45, 2.75) is 70.2 Å². The molecule has 2 atom stereocenters. The summed E-state index contributed by atoms with van der Waals surface area (Å²) in [7, 11) is 0. The van der Waals surface area contributed by atoms with Crippen molar-refractivity contribution in [2.24, 2.45) is 23.2 Å². The van der Waals surface area contributed by atoms with Gasteiger partial charge >= 0.3 is 0 Å². The summed E-state index contributed by atoms with van der Waals surface area (Å²) in [4.78, 5) is 17.5. The zero-order valence-electron chi connectivity index (χ0n) is 19.7. The van der Waals surface area contributed by atoms with Crippen LogP contribution in [0.15, 0.2) is 30.3 Å². The second-order valence-electron chi connectivity index (χ2n) is 11.3. The molecule has 0 spiro atoms. The lowest BCUT2D eigenvalue weighted by Gasteiger charge is -2.56. The zero-order valence-corrected chi connectivity index (χ0v) is 19.7. The number of nitrogens with zero attached hydrogens (tertiary/aromatic N) is 3. The van der Waals surface area contributed by atoms with Gasteiger partial charge in [0.15, 0.2) is 0 Å². The number of aliphatic hydroxyl groups excluding tert-OH is 1. The minimum atomic E-state index is -0.816. The number of piperazine rings is 1. The van der Waals surface area contributed by atoms with Crippen molar-refractivity contribution < 1.29 is 9.90 Å². The second-order valence-corrected chi connectivity index (χ2v) is 11.3. The van der Waals surface area contributed by atoms with Crippen molar-refractivity contribution in [1.29, 1.82) is 5.26 Å². The van der Waals surface area contributed by atoms with Crippen LogP contribution in [0, 0.1) is 34.5 Å². The third-order valence-electron chi connectivity index (χ3n) is 8.75. The van der Waals surface area contributed by atoms with E-state index in [1.807, 2.05) is 11.0 Å². The van der Waals surface area contributed by atoms with Crippen molar-refractivity contribution in [3.8, 4) is 6.07 Å². The van der Waals surface area contributed by atoms with Gasteiger partial charge in [-0.2, -0.15) is 5.26 Å². The Hall–Kier alpha value is -1.94. The van der Waals surface area contributed by atoms with E-state index in [0.717, 1.165) is 50.5 Å². The Labute approximate surface area is 197 Å². The van der Waals surface area contributed by atoms with Crippen molar-refractivity contribution in [3.05, 3.63) is 35.9 Å². The summed E-state index contributed by atoms with van der Waals surface area (Å²) in [6.45, 7) is 4.12. The molecular formula is C27H38N4O2. The van der Waals surface area contributed by atoms with E-state index in [4.69, 9.17) is 0 Å². The van der Waals surface area contributed by atoms with Crippen molar-refractivity contribution in [1.82, 2.24) is 15.1 Å². The molecule has 1 amide bonds. The van der Waals surface area contributed by atoms with E-state index in [0.29, 0.717) is 6.42 Å². The molecule has 178 valence electrons. The average molecular weight is 451 g/mol. The van der Waals surface area contributed by atoms with Gasteiger partial charge in [-0.25, -0.2) is 0 Å². The van der Waals surface area contributed by atoms with Gasteiger partial charge in [-0.3, -0.25) is 14.6 Å². The summed E-state index contributed by atoms with van der Waals surface area (Å²) in [5.41, 5.74) is 1.47. The molecule has 1 aliphatic heterocycles. The fraction of sp³-hybridized carbons (Fsp3) is 0.704. The molecule has 5 fully saturated rings. The van der Waals surface area contributed by atoms with Crippen LogP contribution in [0.3, 0.4) is 0 Å². The Bertz CT molecular complexity index is 823. The number of benzene rings is 1. The number of amides is 1. The molecule has 0 aromatic heterocycles. The highest BCUT2D eigenvalue weighted by Gasteiger charge is 2.51. The summed E-state index contributed by atoms with van der Waals surface area (Å²) in [5.74, 6) is 2.48. The molecule has 4 aliphatic carbocycles. The van der Waals surface area contributed by atoms with E-state index < -0.39 is 12.3 Å². The molecule has 33 heavy (non-hydrogen) atoms. The Morgan fingerprint density at radius 3 is 2.24 bits per heavy atom. The first-order chi connectivity index (χ1) is 16.0. The smallest absolute Gasteiger partial charge is 0.220 e. The number of nitrogens with one attached hydrogen (secondary N) is 1. The molecular weight excluding hydrogens is 412 g/mol. The van der Waals surface area contributed by atoms with Gasteiger partial charge in [0, 0.05) is 39.1 Å². The number of hydrogen-bond acceptors (Lipinski definition) is 5. The quantitative estimate of drug-likeness (QED) is 0.636. The first-order valence-electron chi connectivity index (χ1n) is 12.9. The Kier molecular flexibility index (Phi) is 6.74. The maximum Gasteiger partial charge on any atom is 0.220 e. The summed E-state index contributed by atoms with van der Waals surface area (Å²) in [5, 5.41) is 23.5. The van der Waals surface area contributed by atoms with E-state index in [2.05, 4.69) is 40.6 Å². The second kappa shape index (κ2) is 9.74. The molecule has 6 heteroatoms. The van der Waals surface area contributed by atoms with Crippen LogP contribution in [0.1, 0.15) is 56.9 Å². The maximum absolute atomic E-state index is 13.1. The predicted octanol–water partition coefficient (Wildman–Crippen LogP) is 3.13. The van der Waals surface area contributed by atoms with E-state index >= 15 is 0 Å². The lowest BCUT2D eigenvalue weighted by molar-refractivity contribution is -0.132. The van der Waals surface area contributed by atoms with Gasteiger partial charge in [-0.05, 0) is 67.3 Å². The van der Waals surface area contributed by atoms with Gasteiger partial charge in [0.25, 0.3) is 0 Å². The van der Waals surface area contributed by atoms with E-state index in [1.54, 1.807) is 0 Å². The third kappa shape index (κ3) is 5.26. The largest absolute Gasteiger partial charge is 0.376 e. The predicted molar refractivity (Wildman–Crippen MR) is 127 cm³/mol. The third-order valence-corrected chi connectivity index (χ3v) is 8.75. The minimum absolute atomic E-state index is 0.0268. The van der Waals surface area contributed by atoms with E-state index in [-0.39, 0.29) is 17.7 Å². The SMILES string of the molecule is N#CC[C@@H](NC(=O)CC12CC3CC(CC(C3)C1)C2)C(O)N1CCN(Cc2ccccc2)CC1. The van der Waals surface area contributed by atoms with Crippen LogP contribution >= 0.6 is 0 Å². The maximum atomic E-state index is 13.1. The molecule has 1 heterocycles. The summed E-state index contributed by atoms with van der Waals surface area (Å²) >= 11 is 0. The van der Waals surface area contributed by atoms with Crippen LogP contribution in [0.25, 0.3) is 0 Å². The highest BCUT2D eigenvalue weighted by molar-refractivity contribution is 5.77. The monoisotopic (exact) mass is 450 g/mol. The number of carbonyl (C=O) groups excluding carboxylic acids is 1. The summed E-state index contributed by atoms with van der Waals surface area (Å²) in [6.07, 6.45) is 7.58. The molecule has 4 bridgehead atoms. The van der Waals surface area contributed by atoms with Crippen LogP contribution < -0.4 is 5.32 Å². The summed E-state index contributed by atoms with van der Waals surface area (Å²) < 4.78 is 0. The lowest BCUT2D eigenvalue weighted by Crippen LogP contribution is -2.57. The highest BCUT2D eigenvalue weighted by Crippen LogP contribution is 2.61. The molecule has 1 unspecified atom stereocenters.